The second-order valence-corrected chi connectivity index (χ2v) is 7.52. The summed E-state index contributed by atoms with van der Waals surface area (Å²) in [6.07, 6.45) is 4.30. The van der Waals surface area contributed by atoms with Crippen molar-refractivity contribution < 1.29 is 9.53 Å². The van der Waals surface area contributed by atoms with Gasteiger partial charge < -0.3 is 10.1 Å². The SMILES string of the molecule is C[C@@H](Oc1ccc2c(c1)CCCC2)C(=O)NCCSc1ccccc1. The highest BCUT2D eigenvalue weighted by molar-refractivity contribution is 7.99. The van der Waals surface area contributed by atoms with E-state index in [0.29, 0.717) is 6.54 Å². The van der Waals surface area contributed by atoms with E-state index in [1.54, 1.807) is 18.7 Å². The summed E-state index contributed by atoms with van der Waals surface area (Å²) in [7, 11) is 0. The Bertz CT molecular complexity index is 702. The first-order valence-corrected chi connectivity index (χ1v) is 9.95. The van der Waals surface area contributed by atoms with Crippen molar-refractivity contribution in [3.05, 3.63) is 59.7 Å². The third kappa shape index (κ3) is 5.27. The molecule has 1 N–H and O–H groups in total. The number of hydrogen-bond donors (Lipinski definition) is 1. The molecule has 2 aromatic rings. The smallest absolute Gasteiger partial charge is 0.260 e. The second-order valence-electron chi connectivity index (χ2n) is 6.35. The monoisotopic (exact) mass is 355 g/mol. The summed E-state index contributed by atoms with van der Waals surface area (Å²) in [5.74, 6) is 1.58. The summed E-state index contributed by atoms with van der Waals surface area (Å²) in [5.41, 5.74) is 2.80. The van der Waals surface area contributed by atoms with Crippen molar-refractivity contribution in [1.29, 1.82) is 0 Å². The Morgan fingerprint density at radius 2 is 1.88 bits per heavy atom. The van der Waals surface area contributed by atoms with Gasteiger partial charge in [-0.15, -0.1) is 11.8 Å². The minimum absolute atomic E-state index is 0.0635. The van der Waals surface area contributed by atoms with Crippen molar-refractivity contribution in [3.63, 3.8) is 0 Å². The van der Waals surface area contributed by atoms with Gasteiger partial charge in [0.25, 0.3) is 5.91 Å². The number of fused-ring (bicyclic) bond motifs is 1. The van der Waals surface area contributed by atoms with Crippen molar-refractivity contribution in [2.75, 3.05) is 12.3 Å². The van der Waals surface area contributed by atoms with Gasteiger partial charge in [-0.25, -0.2) is 0 Å². The van der Waals surface area contributed by atoms with Crippen molar-refractivity contribution in [2.45, 2.75) is 43.6 Å². The number of thioether (sulfide) groups is 1. The Morgan fingerprint density at radius 1 is 1.12 bits per heavy atom. The van der Waals surface area contributed by atoms with Crippen molar-refractivity contribution in [2.24, 2.45) is 0 Å². The number of amides is 1. The van der Waals surface area contributed by atoms with Crippen LogP contribution in [0.5, 0.6) is 5.75 Å². The van der Waals surface area contributed by atoms with Crippen LogP contribution in [0.15, 0.2) is 53.4 Å². The lowest BCUT2D eigenvalue weighted by Crippen LogP contribution is -2.37. The molecular weight excluding hydrogens is 330 g/mol. The van der Waals surface area contributed by atoms with Crippen LogP contribution in [0.3, 0.4) is 0 Å². The Balaban J connectivity index is 1.43. The number of hydrogen-bond acceptors (Lipinski definition) is 3. The van der Waals surface area contributed by atoms with E-state index < -0.39 is 6.10 Å². The van der Waals surface area contributed by atoms with Gasteiger partial charge in [-0.05, 0) is 68.0 Å². The molecule has 1 atom stereocenters. The van der Waals surface area contributed by atoms with Gasteiger partial charge >= 0.3 is 0 Å². The predicted octanol–water partition coefficient (Wildman–Crippen LogP) is 4.24. The highest BCUT2D eigenvalue weighted by atomic mass is 32.2. The second kappa shape index (κ2) is 8.95. The molecule has 3 rings (SSSR count). The van der Waals surface area contributed by atoms with Crippen LogP contribution in [-0.4, -0.2) is 24.3 Å². The molecule has 0 saturated carbocycles. The molecule has 3 nitrogen and oxygen atoms in total. The van der Waals surface area contributed by atoms with Crippen LogP contribution in [0.4, 0.5) is 0 Å². The number of ether oxygens (including phenoxy) is 1. The van der Waals surface area contributed by atoms with E-state index in [2.05, 4.69) is 29.6 Å². The summed E-state index contributed by atoms with van der Waals surface area (Å²) in [5, 5.41) is 2.95. The standard InChI is InChI=1S/C21H25NO2S/c1-16(21(23)22-13-14-25-20-9-3-2-4-10-20)24-19-12-11-17-7-5-6-8-18(17)15-19/h2-4,9-12,15-16H,5-8,13-14H2,1H3,(H,22,23)/t16-/m1/s1. The fourth-order valence-corrected chi connectivity index (χ4v) is 3.83. The van der Waals surface area contributed by atoms with Gasteiger partial charge in [0, 0.05) is 17.2 Å². The Morgan fingerprint density at radius 3 is 2.68 bits per heavy atom. The molecule has 1 aliphatic carbocycles. The maximum Gasteiger partial charge on any atom is 0.260 e. The topological polar surface area (TPSA) is 38.3 Å². The van der Waals surface area contributed by atoms with E-state index in [4.69, 9.17) is 4.74 Å². The molecule has 0 fully saturated rings. The molecule has 0 heterocycles. The van der Waals surface area contributed by atoms with Gasteiger partial charge in [0.05, 0.1) is 0 Å². The minimum Gasteiger partial charge on any atom is -0.481 e. The van der Waals surface area contributed by atoms with Gasteiger partial charge in [0.1, 0.15) is 5.75 Å². The quantitative estimate of drug-likeness (QED) is 0.596. The summed E-state index contributed by atoms with van der Waals surface area (Å²) in [6.45, 7) is 2.44. The normalized spacial score (nSPS) is 14.4. The first kappa shape index (κ1) is 17.9. The van der Waals surface area contributed by atoms with E-state index in [9.17, 15) is 4.79 Å². The first-order chi connectivity index (χ1) is 12.2. The highest BCUT2D eigenvalue weighted by Crippen LogP contribution is 2.25. The van der Waals surface area contributed by atoms with E-state index in [1.165, 1.54) is 28.9 Å². The molecule has 0 unspecified atom stereocenters. The lowest BCUT2D eigenvalue weighted by molar-refractivity contribution is -0.127. The summed E-state index contributed by atoms with van der Waals surface area (Å²) in [6, 6.07) is 16.4. The first-order valence-electron chi connectivity index (χ1n) is 8.96. The van der Waals surface area contributed by atoms with E-state index in [-0.39, 0.29) is 5.91 Å². The van der Waals surface area contributed by atoms with Gasteiger partial charge in [-0.2, -0.15) is 0 Å². The Kier molecular flexibility index (Phi) is 6.40. The third-order valence-corrected chi connectivity index (χ3v) is 5.43. The number of nitrogens with one attached hydrogen (secondary N) is 1. The van der Waals surface area contributed by atoms with Crippen LogP contribution in [0, 0.1) is 0 Å². The molecule has 0 spiro atoms. The highest BCUT2D eigenvalue weighted by Gasteiger charge is 2.16. The lowest BCUT2D eigenvalue weighted by atomic mass is 9.92. The molecule has 2 aromatic carbocycles. The van der Waals surface area contributed by atoms with Crippen LogP contribution in [0.2, 0.25) is 0 Å². The molecule has 132 valence electrons. The fourth-order valence-electron chi connectivity index (χ4n) is 3.04. The number of aryl methyl sites for hydroxylation is 2. The van der Waals surface area contributed by atoms with E-state index in [0.717, 1.165) is 24.3 Å². The average Bonchev–Trinajstić information content (AvgIpc) is 2.65. The third-order valence-electron chi connectivity index (χ3n) is 4.42. The number of carbonyl (C=O) groups excluding carboxylic acids is 1. The maximum absolute atomic E-state index is 12.2. The van der Waals surface area contributed by atoms with Gasteiger partial charge in [-0.3, -0.25) is 4.79 Å². The molecule has 1 aliphatic rings. The summed E-state index contributed by atoms with van der Waals surface area (Å²) < 4.78 is 5.84. The molecule has 4 heteroatoms. The molecule has 1 amide bonds. The largest absolute Gasteiger partial charge is 0.481 e. The van der Waals surface area contributed by atoms with E-state index >= 15 is 0 Å². The van der Waals surface area contributed by atoms with Crippen LogP contribution in [-0.2, 0) is 17.6 Å². The summed E-state index contributed by atoms with van der Waals surface area (Å²) >= 11 is 1.74. The number of carbonyl (C=O) groups is 1. The van der Waals surface area contributed by atoms with E-state index in [1.807, 2.05) is 24.3 Å². The molecule has 0 radical (unpaired) electrons. The average molecular weight is 356 g/mol. The minimum atomic E-state index is -0.483. The van der Waals surface area contributed by atoms with Crippen LogP contribution >= 0.6 is 11.8 Å². The zero-order valence-electron chi connectivity index (χ0n) is 14.7. The van der Waals surface area contributed by atoms with Gasteiger partial charge in [0.15, 0.2) is 6.10 Å². The molecular formula is C21H25NO2S. The maximum atomic E-state index is 12.2. The lowest BCUT2D eigenvalue weighted by Gasteiger charge is -2.19. The van der Waals surface area contributed by atoms with Crippen molar-refractivity contribution in [3.8, 4) is 5.75 Å². The zero-order valence-corrected chi connectivity index (χ0v) is 15.5. The molecule has 0 aliphatic heterocycles. The molecule has 0 bridgehead atoms. The van der Waals surface area contributed by atoms with Gasteiger partial charge in [-0.1, -0.05) is 24.3 Å². The molecule has 25 heavy (non-hydrogen) atoms. The number of benzene rings is 2. The van der Waals surface area contributed by atoms with Crippen molar-refractivity contribution >= 4 is 17.7 Å². The number of rotatable bonds is 7. The zero-order chi connectivity index (χ0) is 17.5. The fraction of sp³-hybridized carbons (Fsp3) is 0.381. The predicted molar refractivity (Wildman–Crippen MR) is 103 cm³/mol. The van der Waals surface area contributed by atoms with Crippen LogP contribution in [0.25, 0.3) is 0 Å². The van der Waals surface area contributed by atoms with Crippen LogP contribution < -0.4 is 10.1 Å². The molecule has 0 aromatic heterocycles. The van der Waals surface area contributed by atoms with Crippen LogP contribution in [0.1, 0.15) is 30.9 Å². The Labute approximate surface area is 154 Å². The summed E-state index contributed by atoms with van der Waals surface area (Å²) in [4.78, 5) is 13.4. The molecule has 0 saturated heterocycles. The van der Waals surface area contributed by atoms with Gasteiger partial charge in [0.2, 0.25) is 0 Å². The Hall–Kier alpha value is -1.94. The van der Waals surface area contributed by atoms with Crippen molar-refractivity contribution in [1.82, 2.24) is 5.32 Å².